The summed E-state index contributed by atoms with van der Waals surface area (Å²) in [5, 5.41) is 0. The Kier molecular flexibility index (Phi) is 15.1. The molecule has 6 aromatic rings. The minimum absolute atomic E-state index is 0.0560. The zero-order valence-corrected chi connectivity index (χ0v) is 41.9. The van der Waals surface area contributed by atoms with Crippen molar-refractivity contribution >= 4 is 61.7 Å². The fourth-order valence-electron chi connectivity index (χ4n) is 7.68. The van der Waals surface area contributed by atoms with Crippen molar-refractivity contribution in [2.45, 2.75) is 59.0 Å². The van der Waals surface area contributed by atoms with Gasteiger partial charge in [0.1, 0.15) is 29.7 Å². The molecule has 0 fully saturated rings. The lowest BCUT2D eigenvalue weighted by atomic mass is 9.83. The average Bonchev–Trinajstić information content (AvgIpc) is 3.26. The molecule has 2 aromatic heterocycles. The Balaban J connectivity index is 1.44. The summed E-state index contributed by atoms with van der Waals surface area (Å²) in [4.78, 5) is 45.0. The molecule has 18 heteroatoms. The van der Waals surface area contributed by atoms with Crippen molar-refractivity contribution in [3.63, 3.8) is 0 Å². The van der Waals surface area contributed by atoms with E-state index in [9.17, 15) is 40.0 Å². The molecule has 0 spiro atoms. The van der Waals surface area contributed by atoms with Gasteiger partial charge in [0.25, 0.3) is 11.1 Å². The Morgan fingerprint density at radius 1 is 0.600 bits per heavy atom. The van der Waals surface area contributed by atoms with E-state index in [1.807, 2.05) is 41.5 Å². The molecule has 0 bridgehead atoms. The first-order valence-corrected chi connectivity index (χ1v) is 25.4. The largest absolute Gasteiger partial charge is 0.496 e. The number of carbonyl (C=O) groups excluding carboxylic acids is 1. The molecule has 368 valence electrons. The van der Waals surface area contributed by atoms with Gasteiger partial charge in [-0.25, -0.2) is 30.4 Å². The second kappa shape index (κ2) is 20.3. The number of ether oxygens (including phenoxy) is 3. The number of aromatic nitrogens is 2. The molecule has 14 nitrogen and oxygen atoms in total. The van der Waals surface area contributed by atoms with Crippen LogP contribution in [0.4, 0.5) is 20.2 Å². The number of carbonyl (C=O) groups is 1. The van der Waals surface area contributed by atoms with Crippen molar-refractivity contribution in [1.29, 1.82) is 0 Å². The first kappa shape index (κ1) is 52.1. The van der Waals surface area contributed by atoms with Gasteiger partial charge in [-0.2, -0.15) is 0 Å². The lowest BCUT2D eigenvalue weighted by Crippen LogP contribution is -2.15. The number of rotatable bonds is 15. The fraction of sp³-hybridized carbons (Fsp3) is 0.250. The lowest BCUT2D eigenvalue weighted by molar-refractivity contribution is 0.0472. The number of hydrogen-bond donors (Lipinski definition) is 4. The zero-order valence-electron chi connectivity index (χ0n) is 40.3. The predicted molar refractivity (Wildman–Crippen MR) is 272 cm³/mol. The van der Waals surface area contributed by atoms with Crippen LogP contribution in [0.2, 0.25) is 0 Å². The van der Waals surface area contributed by atoms with Crippen LogP contribution in [0.1, 0.15) is 90.8 Å². The Hall–Kier alpha value is -7.31. The second-order valence-electron chi connectivity index (χ2n) is 18.6. The van der Waals surface area contributed by atoms with Gasteiger partial charge in [-0.3, -0.25) is 19.0 Å². The maximum atomic E-state index is 14.4. The van der Waals surface area contributed by atoms with Crippen molar-refractivity contribution in [2.75, 3.05) is 36.2 Å². The number of esters is 1. The summed E-state index contributed by atoms with van der Waals surface area (Å²) >= 11 is 0. The standard InChI is InChI=1S/C52H54F2N4O10S2/c1-51(2,3)44-22-34(41-24-37(53)27-55-48(41)59)19-32(46(44)66-7)13-11-30-15-17-39(57-69(9,62)63)21-36(30)29-68-50(61)43-26-40(58-70(10,64)65)18-16-31(43)12-14-33-20-35(42-25-38(54)28-56-49(42)60)23-45(47(33)67-8)52(4,5)6/h11-28,57-58H,29H2,1-10H3,(H,55,59)(H,56,60). The number of sulfonamides is 2. The van der Waals surface area contributed by atoms with E-state index < -0.39 is 66.2 Å². The molecule has 4 N–H and O–H groups in total. The van der Waals surface area contributed by atoms with E-state index in [-0.39, 0.29) is 33.6 Å². The first-order valence-electron chi connectivity index (χ1n) is 21.6. The Morgan fingerprint density at radius 3 is 1.44 bits per heavy atom. The number of nitrogens with one attached hydrogen (secondary N) is 4. The van der Waals surface area contributed by atoms with Gasteiger partial charge in [-0.15, -0.1) is 0 Å². The summed E-state index contributed by atoms with van der Waals surface area (Å²) in [5.41, 5.74) is 2.63. The number of anilines is 2. The number of hydrogen-bond acceptors (Lipinski definition) is 10. The highest BCUT2D eigenvalue weighted by molar-refractivity contribution is 7.92. The predicted octanol–water partition coefficient (Wildman–Crippen LogP) is 9.73. The van der Waals surface area contributed by atoms with E-state index in [2.05, 4.69) is 19.4 Å². The molecule has 0 radical (unpaired) electrons. The van der Waals surface area contributed by atoms with Gasteiger partial charge in [0.05, 0.1) is 32.3 Å². The molecule has 0 unspecified atom stereocenters. The molecule has 2 heterocycles. The minimum Gasteiger partial charge on any atom is -0.496 e. The first-order chi connectivity index (χ1) is 32.6. The third-order valence-corrected chi connectivity index (χ3v) is 12.1. The third-order valence-electron chi connectivity index (χ3n) is 10.9. The van der Waals surface area contributed by atoms with E-state index in [1.54, 1.807) is 54.6 Å². The Morgan fingerprint density at radius 2 is 1.01 bits per heavy atom. The lowest BCUT2D eigenvalue weighted by Gasteiger charge is -2.24. The number of benzene rings is 4. The summed E-state index contributed by atoms with van der Waals surface area (Å²) < 4.78 is 101. The van der Waals surface area contributed by atoms with Crippen LogP contribution in [0.5, 0.6) is 11.5 Å². The van der Waals surface area contributed by atoms with Gasteiger partial charge in [-0.05, 0) is 99.3 Å². The summed E-state index contributed by atoms with van der Waals surface area (Å²) in [6.45, 7) is 11.3. The van der Waals surface area contributed by atoms with Gasteiger partial charge in [0.15, 0.2) is 0 Å². The van der Waals surface area contributed by atoms with Gasteiger partial charge < -0.3 is 24.2 Å². The smallest absolute Gasteiger partial charge is 0.339 e. The molecule has 4 aromatic carbocycles. The van der Waals surface area contributed by atoms with Crippen LogP contribution in [-0.4, -0.2) is 59.5 Å². The second-order valence-corrected chi connectivity index (χ2v) is 22.1. The van der Waals surface area contributed by atoms with Crippen molar-refractivity contribution < 1.29 is 44.6 Å². The van der Waals surface area contributed by atoms with Crippen LogP contribution >= 0.6 is 0 Å². The van der Waals surface area contributed by atoms with Crippen LogP contribution in [0.3, 0.4) is 0 Å². The van der Waals surface area contributed by atoms with Crippen LogP contribution in [0.25, 0.3) is 46.6 Å². The number of aromatic amines is 2. The van der Waals surface area contributed by atoms with E-state index in [0.717, 1.165) is 42.6 Å². The molecule has 0 aliphatic carbocycles. The van der Waals surface area contributed by atoms with Gasteiger partial charge in [0.2, 0.25) is 20.0 Å². The molecule has 0 aliphatic heterocycles. The highest BCUT2D eigenvalue weighted by atomic mass is 32.2. The van der Waals surface area contributed by atoms with Gasteiger partial charge in [0, 0.05) is 57.1 Å². The maximum Gasteiger partial charge on any atom is 0.339 e. The quantitative estimate of drug-likeness (QED) is 0.0567. The van der Waals surface area contributed by atoms with Crippen LogP contribution in [0.15, 0.2) is 94.8 Å². The van der Waals surface area contributed by atoms with E-state index >= 15 is 0 Å². The Labute approximate surface area is 405 Å². The zero-order chi connectivity index (χ0) is 51.5. The molecule has 70 heavy (non-hydrogen) atoms. The molecule has 0 saturated heterocycles. The molecular formula is C52H54F2N4O10S2. The van der Waals surface area contributed by atoms with Gasteiger partial charge >= 0.3 is 5.97 Å². The molecule has 6 rings (SSSR count). The van der Waals surface area contributed by atoms with E-state index in [1.165, 1.54) is 44.6 Å². The van der Waals surface area contributed by atoms with Crippen LogP contribution < -0.4 is 30.0 Å². The van der Waals surface area contributed by atoms with E-state index in [0.29, 0.717) is 50.4 Å². The topological polar surface area (TPSA) is 203 Å². The molecule has 0 atom stereocenters. The van der Waals surface area contributed by atoms with E-state index in [4.69, 9.17) is 14.2 Å². The molecular weight excluding hydrogens is 943 g/mol. The van der Waals surface area contributed by atoms with Crippen molar-refractivity contribution in [1.82, 2.24) is 9.97 Å². The number of halogens is 2. The summed E-state index contributed by atoms with van der Waals surface area (Å²) in [6.07, 6.45) is 10.5. The summed E-state index contributed by atoms with van der Waals surface area (Å²) in [7, 11) is -4.56. The fourth-order valence-corrected chi connectivity index (χ4v) is 8.79. The normalized spacial score (nSPS) is 12.3. The van der Waals surface area contributed by atoms with Gasteiger partial charge in [-0.1, -0.05) is 78.0 Å². The number of methoxy groups -OCH3 is 2. The number of H-pyrrole nitrogens is 2. The van der Waals surface area contributed by atoms with Crippen LogP contribution in [0, 0.1) is 11.6 Å². The highest BCUT2D eigenvalue weighted by Crippen LogP contribution is 2.40. The highest BCUT2D eigenvalue weighted by Gasteiger charge is 2.25. The minimum atomic E-state index is -3.80. The maximum absolute atomic E-state index is 14.4. The van der Waals surface area contributed by atoms with Crippen molar-refractivity contribution in [3.8, 4) is 33.8 Å². The third kappa shape index (κ3) is 12.9. The van der Waals surface area contributed by atoms with Crippen LogP contribution in [-0.2, 0) is 42.2 Å². The molecule has 0 saturated carbocycles. The summed E-state index contributed by atoms with van der Waals surface area (Å²) in [6, 6.07) is 18.0. The monoisotopic (exact) mass is 996 g/mol. The summed E-state index contributed by atoms with van der Waals surface area (Å²) in [5.74, 6) is -1.24. The SMILES string of the molecule is COc1c(C=Cc2ccc(NS(C)(=O)=O)cc2COC(=O)c2cc(NS(C)(=O)=O)ccc2C=Cc2cc(-c3cc(F)c[nH]c3=O)cc(C(C)(C)C)c2OC)cc(-c2cc(F)c[nH]c2=O)cc1C(C)(C)C. The molecule has 0 amide bonds. The Bertz CT molecular complexity index is 3420. The molecule has 0 aliphatic rings. The number of pyridine rings is 2. The van der Waals surface area contributed by atoms with Crippen molar-refractivity contribution in [2.24, 2.45) is 0 Å². The average molecular weight is 997 g/mol. The van der Waals surface area contributed by atoms with Crippen molar-refractivity contribution in [3.05, 3.63) is 162 Å².